The normalized spacial score (nSPS) is 11.5. The van der Waals surface area contributed by atoms with Gasteiger partial charge in [0, 0.05) is 23.7 Å². The van der Waals surface area contributed by atoms with Gasteiger partial charge >= 0.3 is 5.97 Å². The fourth-order valence-electron chi connectivity index (χ4n) is 1.99. The highest BCUT2D eigenvalue weighted by atomic mass is 16.6. The Morgan fingerprint density at radius 1 is 1.21 bits per heavy atom. The van der Waals surface area contributed by atoms with E-state index in [0.717, 1.165) is 16.5 Å². The summed E-state index contributed by atoms with van der Waals surface area (Å²) in [5.41, 5.74) is 0.521. The second-order valence-electron chi connectivity index (χ2n) is 5.57. The molecule has 0 aliphatic carbocycles. The third-order valence-corrected chi connectivity index (χ3v) is 2.74. The van der Waals surface area contributed by atoms with Gasteiger partial charge in [0.25, 0.3) is 0 Å². The van der Waals surface area contributed by atoms with E-state index in [2.05, 4.69) is 4.98 Å². The topological polar surface area (TPSA) is 39.2 Å². The number of fused-ring (bicyclic) bond motifs is 1. The van der Waals surface area contributed by atoms with Crippen LogP contribution in [0.2, 0.25) is 0 Å². The van der Waals surface area contributed by atoms with E-state index >= 15 is 0 Å². The minimum atomic E-state index is -0.427. The molecule has 3 heteroatoms. The third kappa shape index (κ3) is 3.78. The maximum atomic E-state index is 11.7. The standard InChI is InChI=1S/C16H19NO2/c1-16(2,3)19-15(18)9-8-14-13-7-5-4-6-12(13)10-11-17-14/h4-7,10-11H,8-9H2,1-3H3. The van der Waals surface area contributed by atoms with Crippen molar-refractivity contribution in [2.45, 2.75) is 39.2 Å². The van der Waals surface area contributed by atoms with Crippen LogP contribution in [0.3, 0.4) is 0 Å². The number of ether oxygens (including phenoxy) is 1. The summed E-state index contributed by atoms with van der Waals surface area (Å²) in [5, 5.41) is 2.25. The smallest absolute Gasteiger partial charge is 0.306 e. The third-order valence-electron chi connectivity index (χ3n) is 2.74. The summed E-state index contributed by atoms with van der Waals surface area (Å²) in [6.07, 6.45) is 2.75. The quantitative estimate of drug-likeness (QED) is 0.790. The Morgan fingerprint density at radius 3 is 2.68 bits per heavy atom. The van der Waals surface area contributed by atoms with Crippen molar-refractivity contribution in [3.8, 4) is 0 Å². The highest BCUT2D eigenvalue weighted by Crippen LogP contribution is 2.18. The van der Waals surface area contributed by atoms with Gasteiger partial charge in [-0.15, -0.1) is 0 Å². The van der Waals surface area contributed by atoms with Crippen molar-refractivity contribution in [3.05, 3.63) is 42.2 Å². The molecule has 3 nitrogen and oxygen atoms in total. The van der Waals surface area contributed by atoms with Crippen molar-refractivity contribution in [2.24, 2.45) is 0 Å². The first-order valence-electron chi connectivity index (χ1n) is 6.50. The van der Waals surface area contributed by atoms with E-state index < -0.39 is 5.60 Å². The van der Waals surface area contributed by atoms with E-state index in [1.807, 2.05) is 51.1 Å². The molecule has 0 aliphatic heterocycles. The number of carbonyl (C=O) groups is 1. The van der Waals surface area contributed by atoms with E-state index in [-0.39, 0.29) is 5.97 Å². The number of rotatable bonds is 3. The van der Waals surface area contributed by atoms with Crippen molar-refractivity contribution >= 4 is 16.7 Å². The van der Waals surface area contributed by atoms with Gasteiger partial charge in [-0.3, -0.25) is 9.78 Å². The van der Waals surface area contributed by atoms with E-state index in [1.165, 1.54) is 0 Å². The monoisotopic (exact) mass is 257 g/mol. The number of carbonyl (C=O) groups excluding carboxylic acids is 1. The molecule has 0 radical (unpaired) electrons. The van der Waals surface area contributed by atoms with Gasteiger partial charge in [0.2, 0.25) is 0 Å². The Hall–Kier alpha value is -1.90. The lowest BCUT2D eigenvalue weighted by atomic mass is 10.1. The van der Waals surface area contributed by atoms with Gasteiger partial charge in [-0.25, -0.2) is 0 Å². The molecule has 0 saturated heterocycles. The molecule has 0 atom stereocenters. The van der Waals surface area contributed by atoms with E-state index in [4.69, 9.17) is 4.74 Å². The first-order valence-corrected chi connectivity index (χ1v) is 6.50. The van der Waals surface area contributed by atoms with Crippen molar-refractivity contribution in [3.63, 3.8) is 0 Å². The summed E-state index contributed by atoms with van der Waals surface area (Å²) < 4.78 is 5.30. The van der Waals surface area contributed by atoms with Crippen LogP contribution in [-0.2, 0) is 16.0 Å². The van der Waals surface area contributed by atoms with Gasteiger partial charge < -0.3 is 4.74 Å². The number of pyridine rings is 1. The van der Waals surface area contributed by atoms with Gasteiger partial charge in [-0.1, -0.05) is 24.3 Å². The molecule has 2 aromatic rings. The summed E-state index contributed by atoms with van der Waals surface area (Å²) in [5.74, 6) is -0.178. The van der Waals surface area contributed by atoms with Crippen LogP contribution < -0.4 is 0 Å². The SMILES string of the molecule is CC(C)(C)OC(=O)CCc1nccc2ccccc12. The Morgan fingerprint density at radius 2 is 1.95 bits per heavy atom. The molecule has 0 bridgehead atoms. The average molecular weight is 257 g/mol. The molecule has 0 aliphatic rings. The van der Waals surface area contributed by atoms with Crippen molar-refractivity contribution in [1.29, 1.82) is 0 Å². The molecule has 0 fully saturated rings. The average Bonchev–Trinajstić information content (AvgIpc) is 2.34. The number of aryl methyl sites for hydroxylation is 1. The largest absolute Gasteiger partial charge is 0.460 e. The highest BCUT2D eigenvalue weighted by Gasteiger charge is 2.16. The Labute approximate surface area is 113 Å². The predicted octanol–water partition coefficient (Wildman–Crippen LogP) is 3.51. The second-order valence-corrected chi connectivity index (χ2v) is 5.57. The van der Waals surface area contributed by atoms with Gasteiger partial charge in [0.15, 0.2) is 0 Å². The van der Waals surface area contributed by atoms with Crippen LogP contribution in [0.25, 0.3) is 10.8 Å². The lowest BCUT2D eigenvalue weighted by Crippen LogP contribution is -2.24. The van der Waals surface area contributed by atoms with E-state index in [9.17, 15) is 4.79 Å². The summed E-state index contributed by atoms with van der Waals surface area (Å²) in [6.45, 7) is 5.63. The fraction of sp³-hybridized carbons (Fsp3) is 0.375. The molecule has 2 rings (SSSR count). The lowest BCUT2D eigenvalue weighted by molar-refractivity contribution is -0.154. The van der Waals surface area contributed by atoms with Crippen LogP contribution in [0, 0.1) is 0 Å². The van der Waals surface area contributed by atoms with E-state index in [0.29, 0.717) is 12.8 Å². The lowest BCUT2D eigenvalue weighted by Gasteiger charge is -2.19. The molecular formula is C16H19NO2. The summed E-state index contributed by atoms with van der Waals surface area (Å²) in [7, 11) is 0. The zero-order valence-corrected chi connectivity index (χ0v) is 11.6. The molecule has 19 heavy (non-hydrogen) atoms. The van der Waals surface area contributed by atoms with Crippen LogP contribution in [0.5, 0.6) is 0 Å². The number of nitrogens with zero attached hydrogens (tertiary/aromatic N) is 1. The van der Waals surface area contributed by atoms with Crippen LogP contribution >= 0.6 is 0 Å². The Kier molecular flexibility index (Phi) is 3.84. The second kappa shape index (κ2) is 5.39. The number of hydrogen-bond donors (Lipinski definition) is 0. The first-order chi connectivity index (χ1) is 8.96. The predicted molar refractivity (Wildman–Crippen MR) is 75.9 cm³/mol. The van der Waals surface area contributed by atoms with E-state index in [1.54, 1.807) is 6.20 Å². The van der Waals surface area contributed by atoms with Gasteiger partial charge in [-0.2, -0.15) is 0 Å². The molecule has 0 N–H and O–H groups in total. The van der Waals surface area contributed by atoms with Gasteiger partial charge in [0.1, 0.15) is 5.60 Å². The van der Waals surface area contributed by atoms with Crippen LogP contribution in [0.15, 0.2) is 36.5 Å². The summed E-state index contributed by atoms with van der Waals surface area (Å²) in [4.78, 5) is 16.1. The Bertz CT molecular complexity index is 579. The van der Waals surface area contributed by atoms with Gasteiger partial charge in [-0.05, 0) is 32.2 Å². The Balaban J connectivity index is 2.08. The van der Waals surface area contributed by atoms with Crippen molar-refractivity contribution < 1.29 is 9.53 Å². The van der Waals surface area contributed by atoms with Gasteiger partial charge in [0.05, 0.1) is 6.42 Å². The van der Waals surface area contributed by atoms with Crippen molar-refractivity contribution in [2.75, 3.05) is 0 Å². The molecule has 1 heterocycles. The van der Waals surface area contributed by atoms with Crippen LogP contribution in [0.1, 0.15) is 32.9 Å². The highest BCUT2D eigenvalue weighted by molar-refractivity contribution is 5.84. The molecule has 1 aromatic heterocycles. The molecule has 1 aromatic carbocycles. The zero-order chi connectivity index (χ0) is 13.9. The number of hydrogen-bond acceptors (Lipinski definition) is 3. The maximum Gasteiger partial charge on any atom is 0.306 e. The summed E-state index contributed by atoms with van der Waals surface area (Å²) in [6, 6.07) is 10.0. The molecule has 0 saturated carbocycles. The van der Waals surface area contributed by atoms with Crippen LogP contribution in [-0.4, -0.2) is 16.6 Å². The van der Waals surface area contributed by atoms with Crippen LogP contribution in [0.4, 0.5) is 0 Å². The number of aromatic nitrogens is 1. The maximum absolute atomic E-state index is 11.7. The number of benzene rings is 1. The zero-order valence-electron chi connectivity index (χ0n) is 11.6. The molecule has 100 valence electrons. The molecular weight excluding hydrogens is 238 g/mol. The first kappa shape index (κ1) is 13.5. The molecule has 0 spiro atoms. The number of esters is 1. The summed E-state index contributed by atoms with van der Waals surface area (Å²) >= 11 is 0. The molecule has 0 unspecified atom stereocenters. The minimum absolute atomic E-state index is 0.178. The van der Waals surface area contributed by atoms with Crippen molar-refractivity contribution in [1.82, 2.24) is 4.98 Å². The molecule has 0 amide bonds. The fourth-order valence-corrected chi connectivity index (χ4v) is 1.99. The minimum Gasteiger partial charge on any atom is -0.460 e.